The molecule has 0 radical (unpaired) electrons. The van der Waals surface area contributed by atoms with Crippen LogP contribution >= 0.6 is 23.5 Å². The highest BCUT2D eigenvalue weighted by atomic mass is 32.2. The molecule has 31 heavy (non-hydrogen) atoms. The highest BCUT2D eigenvalue weighted by molar-refractivity contribution is 8.18. The molecule has 0 unspecified atom stereocenters. The standard InChI is InChI=1S/C25H22N2O2S2/c1-29-21-12-8-19(9-13-21)17-27-24(28)23(16-18-10-14-22(30-2)15-11-18)31-25(27)26-20-6-4-3-5-7-20/h3-16H,17H2,1-2H3/b23-16+,26-25?. The van der Waals surface area contributed by atoms with Crippen LogP contribution in [0.4, 0.5) is 5.69 Å². The number of hydrogen-bond acceptors (Lipinski definition) is 5. The number of thioether (sulfide) groups is 2. The van der Waals surface area contributed by atoms with Gasteiger partial charge in [-0.25, -0.2) is 4.99 Å². The van der Waals surface area contributed by atoms with Gasteiger partial charge in [-0.2, -0.15) is 0 Å². The predicted octanol–water partition coefficient (Wildman–Crippen LogP) is 6.22. The Morgan fingerprint density at radius 1 is 1.00 bits per heavy atom. The molecule has 0 aromatic heterocycles. The third-order valence-electron chi connectivity index (χ3n) is 4.78. The Morgan fingerprint density at radius 2 is 1.71 bits per heavy atom. The van der Waals surface area contributed by atoms with Crippen molar-refractivity contribution in [2.24, 2.45) is 4.99 Å². The molecule has 1 heterocycles. The van der Waals surface area contributed by atoms with E-state index >= 15 is 0 Å². The van der Waals surface area contributed by atoms with Gasteiger partial charge in [0.05, 0.1) is 24.2 Å². The SMILES string of the molecule is COc1ccc(CN2C(=O)/C(=C\c3ccc(SC)cc3)SC2=Nc2ccccc2)cc1. The summed E-state index contributed by atoms with van der Waals surface area (Å²) in [5.41, 5.74) is 2.84. The van der Waals surface area contributed by atoms with Gasteiger partial charge in [-0.3, -0.25) is 9.69 Å². The number of amides is 1. The molecule has 1 aliphatic rings. The third kappa shape index (κ3) is 5.21. The van der Waals surface area contributed by atoms with E-state index in [-0.39, 0.29) is 5.91 Å². The summed E-state index contributed by atoms with van der Waals surface area (Å²) >= 11 is 3.11. The van der Waals surface area contributed by atoms with Crippen molar-refractivity contribution in [3.63, 3.8) is 0 Å². The van der Waals surface area contributed by atoms with Crippen LogP contribution in [0.25, 0.3) is 6.08 Å². The van der Waals surface area contributed by atoms with E-state index in [9.17, 15) is 4.79 Å². The van der Waals surface area contributed by atoms with Crippen LogP contribution in [0.3, 0.4) is 0 Å². The van der Waals surface area contributed by atoms with E-state index in [1.54, 1.807) is 23.8 Å². The van der Waals surface area contributed by atoms with Gasteiger partial charge in [0.1, 0.15) is 5.75 Å². The van der Waals surface area contributed by atoms with Gasteiger partial charge in [0.2, 0.25) is 0 Å². The minimum Gasteiger partial charge on any atom is -0.497 e. The summed E-state index contributed by atoms with van der Waals surface area (Å²) in [6.45, 7) is 0.449. The van der Waals surface area contributed by atoms with E-state index < -0.39 is 0 Å². The maximum Gasteiger partial charge on any atom is 0.267 e. The van der Waals surface area contributed by atoms with Gasteiger partial charge in [-0.1, -0.05) is 42.5 Å². The second-order valence-corrected chi connectivity index (χ2v) is 8.74. The van der Waals surface area contributed by atoms with Crippen LogP contribution < -0.4 is 4.74 Å². The smallest absolute Gasteiger partial charge is 0.267 e. The number of hydrogen-bond donors (Lipinski definition) is 0. The highest BCUT2D eigenvalue weighted by Gasteiger charge is 2.33. The van der Waals surface area contributed by atoms with Crippen molar-refractivity contribution in [1.82, 2.24) is 4.90 Å². The van der Waals surface area contributed by atoms with Crippen molar-refractivity contribution in [2.45, 2.75) is 11.4 Å². The van der Waals surface area contributed by atoms with Crippen LogP contribution in [-0.2, 0) is 11.3 Å². The van der Waals surface area contributed by atoms with E-state index in [0.717, 1.165) is 22.6 Å². The maximum absolute atomic E-state index is 13.3. The fourth-order valence-electron chi connectivity index (χ4n) is 3.11. The fourth-order valence-corrected chi connectivity index (χ4v) is 4.51. The molecule has 1 aliphatic heterocycles. The van der Waals surface area contributed by atoms with Crippen LogP contribution in [-0.4, -0.2) is 29.3 Å². The summed E-state index contributed by atoms with van der Waals surface area (Å²) < 4.78 is 5.24. The van der Waals surface area contributed by atoms with Crippen LogP contribution in [0.5, 0.6) is 5.75 Å². The average molecular weight is 447 g/mol. The summed E-state index contributed by atoms with van der Waals surface area (Å²) in [5.74, 6) is 0.753. The molecule has 3 aromatic carbocycles. The Bertz CT molecular complexity index is 1110. The number of aliphatic imine (C=N–C) groups is 1. The Balaban J connectivity index is 1.65. The number of rotatable bonds is 6. The van der Waals surface area contributed by atoms with E-state index in [2.05, 4.69) is 12.1 Å². The van der Waals surface area contributed by atoms with Crippen molar-refractivity contribution >= 4 is 46.4 Å². The summed E-state index contributed by atoms with van der Waals surface area (Å²) in [5, 5.41) is 0.680. The molecule has 0 saturated carbocycles. The van der Waals surface area contributed by atoms with Crippen molar-refractivity contribution in [1.29, 1.82) is 0 Å². The first-order chi connectivity index (χ1) is 15.2. The monoisotopic (exact) mass is 446 g/mol. The van der Waals surface area contributed by atoms with Gasteiger partial charge >= 0.3 is 0 Å². The van der Waals surface area contributed by atoms with E-state index in [0.29, 0.717) is 16.6 Å². The molecule has 1 saturated heterocycles. The van der Waals surface area contributed by atoms with Crippen molar-refractivity contribution in [3.8, 4) is 5.75 Å². The Labute approximate surface area is 191 Å². The molecule has 156 valence electrons. The number of amidine groups is 1. The number of benzene rings is 3. The molecule has 0 bridgehead atoms. The Hall–Kier alpha value is -2.96. The van der Waals surface area contributed by atoms with Crippen LogP contribution in [0.15, 0.2) is 93.7 Å². The molecular weight excluding hydrogens is 424 g/mol. The number of nitrogens with zero attached hydrogens (tertiary/aromatic N) is 2. The van der Waals surface area contributed by atoms with Gasteiger partial charge in [-0.05, 0) is 71.6 Å². The Kier molecular flexibility index (Phi) is 6.79. The van der Waals surface area contributed by atoms with Crippen LogP contribution in [0.1, 0.15) is 11.1 Å². The summed E-state index contributed by atoms with van der Waals surface area (Å²) in [6, 6.07) is 25.7. The lowest BCUT2D eigenvalue weighted by Crippen LogP contribution is -2.28. The second-order valence-electron chi connectivity index (χ2n) is 6.85. The van der Waals surface area contributed by atoms with Gasteiger partial charge in [-0.15, -0.1) is 11.8 Å². The average Bonchev–Trinajstić information content (AvgIpc) is 3.09. The lowest BCUT2D eigenvalue weighted by molar-refractivity contribution is -0.122. The number of para-hydroxylation sites is 1. The van der Waals surface area contributed by atoms with Gasteiger partial charge in [0.25, 0.3) is 5.91 Å². The number of methoxy groups -OCH3 is 1. The van der Waals surface area contributed by atoms with Gasteiger partial charge in [0.15, 0.2) is 5.17 Å². The quantitative estimate of drug-likeness (QED) is 0.333. The summed E-state index contributed by atoms with van der Waals surface area (Å²) in [4.78, 5) is 21.6. The number of carbonyl (C=O) groups is 1. The summed E-state index contributed by atoms with van der Waals surface area (Å²) in [7, 11) is 1.64. The topological polar surface area (TPSA) is 41.9 Å². The van der Waals surface area contributed by atoms with Crippen molar-refractivity contribution < 1.29 is 9.53 Å². The fraction of sp³-hybridized carbons (Fsp3) is 0.120. The highest BCUT2D eigenvalue weighted by Crippen LogP contribution is 2.35. The zero-order chi connectivity index (χ0) is 21.6. The summed E-state index contributed by atoms with van der Waals surface area (Å²) in [6.07, 6.45) is 3.98. The molecule has 3 aromatic rings. The maximum atomic E-state index is 13.3. The predicted molar refractivity (Wildman–Crippen MR) is 131 cm³/mol. The number of carbonyl (C=O) groups excluding carboxylic acids is 1. The lowest BCUT2D eigenvalue weighted by Gasteiger charge is -2.16. The Morgan fingerprint density at radius 3 is 2.35 bits per heavy atom. The first-order valence-corrected chi connectivity index (χ1v) is 11.8. The normalized spacial score (nSPS) is 16.3. The van der Waals surface area contributed by atoms with E-state index in [1.165, 1.54) is 16.7 Å². The zero-order valence-electron chi connectivity index (χ0n) is 17.3. The molecule has 1 amide bonds. The van der Waals surface area contributed by atoms with Crippen LogP contribution in [0, 0.1) is 0 Å². The number of ether oxygens (including phenoxy) is 1. The van der Waals surface area contributed by atoms with Gasteiger partial charge < -0.3 is 4.74 Å². The van der Waals surface area contributed by atoms with Crippen molar-refractivity contribution in [2.75, 3.05) is 13.4 Å². The molecule has 1 fully saturated rings. The second kappa shape index (κ2) is 9.90. The molecule has 6 heteroatoms. The molecule has 0 atom stereocenters. The first kappa shape index (κ1) is 21.3. The minimum atomic E-state index is -0.0376. The third-order valence-corrected chi connectivity index (χ3v) is 6.53. The molecule has 0 N–H and O–H groups in total. The molecule has 4 nitrogen and oxygen atoms in total. The zero-order valence-corrected chi connectivity index (χ0v) is 19.0. The molecule has 4 rings (SSSR count). The van der Waals surface area contributed by atoms with Gasteiger partial charge in [0, 0.05) is 4.90 Å². The van der Waals surface area contributed by atoms with E-state index in [4.69, 9.17) is 9.73 Å². The molecule has 0 spiro atoms. The first-order valence-electron chi connectivity index (χ1n) is 9.78. The van der Waals surface area contributed by atoms with Crippen LogP contribution in [0.2, 0.25) is 0 Å². The molecular formula is C25H22N2O2S2. The molecule has 0 aliphatic carbocycles. The van der Waals surface area contributed by atoms with E-state index in [1.807, 2.05) is 79.1 Å². The lowest BCUT2D eigenvalue weighted by atomic mass is 10.2. The minimum absolute atomic E-state index is 0.0376. The largest absolute Gasteiger partial charge is 0.497 e. The van der Waals surface area contributed by atoms with Crippen molar-refractivity contribution in [3.05, 3.63) is 94.9 Å².